The van der Waals surface area contributed by atoms with Crippen LogP contribution < -0.4 is 4.90 Å². The van der Waals surface area contributed by atoms with Crippen LogP contribution in [0.1, 0.15) is 26.9 Å². The number of esters is 1. The zero-order valence-corrected chi connectivity index (χ0v) is 18.5. The van der Waals surface area contributed by atoms with Gasteiger partial charge in [-0.15, -0.1) is 23.5 Å². The lowest BCUT2D eigenvalue weighted by Gasteiger charge is -2.36. The quantitative estimate of drug-likeness (QED) is 0.651. The molecule has 0 aliphatic carbocycles. The number of rotatable bonds is 5. The first kappa shape index (κ1) is 21.1. The molecule has 0 spiro atoms. The summed E-state index contributed by atoms with van der Waals surface area (Å²) in [5, 5.41) is 0. The van der Waals surface area contributed by atoms with Gasteiger partial charge in [0.05, 0.1) is 10.1 Å². The number of hydrogen-bond acceptors (Lipinski definition) is 6. The maximum atomic E-state index is 12.5. The lowest BCUT2D eigenvalue weighted by molar-refractivity contribution is -0.134. The van der Waals surface area contributed by atoms with Gasteiger partial charge in [0.1, 0.15) is 0 Å². The largest absolute Gasteiger partial charge is 0.452 e. The van der Waals surface area contributed by atoms with Crippen molar-refractivity contribution in [1.82, 2.24) is 4.90 Å². The molecule has 158 valence electrons. The summed E-state index contributed by atoms with van der Waals surface area (Å²) in [7, 11) is 0. The molecule has 2 heterocycles. The van der Waals surface area contributed by atoms with E-state index in [2.05, 4.69) is 17.0 Å². The minimum Gasteiger partial charge on any atom is -0.452 e. The fourth-order valence-corrected chi connectivity index (χ4v) is 6.51. The lowest BCUT2D eigenvalue weighted by Crippen LogP contribution is -2.49. The van der Waals surface area contributed by atoms with Crippen molar-refractivity contribution >= 4 is 41.1 Å². The first-order valence-corrected chi connectivity index (χ1v) is 12.4. The third-order valence-electron chi connectivity index (χ3n) is 5.33. The number of hydrogen-bond donors (Lipinski definition) is 0. The second kappa shape index (κ2) is 10.3. The minimum absolute atomic E-state index is 0.136. The Labute approximate surface area is 186 Å². The van der Waals surface area contributed by atoms with Crippen LogP contribution in [0.25, 0.3) is 0 Å². The number of piperazine rings is 1. The Morgan fingerprint density at radius 1 is 0.900 bits per heavy atom. The molecule has 0 radical (unpaired) electrons. The van der Waals surface area contributed by atoms with Crippen LogP contribution in [0.4, 0.5) is 5.69 Å². The molecule has 2 saturated heterocycles. The Hall–Kier alpha value is -2.12. The highest BCUT2D eigenvalue weighted by atomic mass is 32.2. The van der Waals surface area contributed by atoms with E-state index in [0.29, 0.717) is 23.2 Å². The van der Waals surface area contributed by atoms with Gasteiger partial charge in [-0.1, -0.05) is 30.3 Å². The molecule has 2 aromatic rings. The second-order valence-electron chi connectivity index (χ2n) is 7.33. The van der Waals surface area contributed by atoms with Crippen molar-refractivity contribution in [3.8, 4) is 0 Å². The van der Waals surface area contributed by atoms with Crippen molar-refractivity contribution in [2.75, 3.05) is 49.2 Å². The third-order valence-corrected chi connectivity index (χ3v) is 8.34. The van der Waals surface area contributed by atoms with Crippen LogP contribution in [0, 0.1) is 0 Å². The summed E-state index contributed by atoms with van der Waals surface area (Å²) >= 11 is 3.90. The van der Waals surface area contributed by atoms with Crippen LogP contribution in [0.3, 0.4) is 0 Å². The standard InChI is InChI=1S/C23H26N2O3S2/c26-21(25-13-11-24(12-14-25)20-5-2-1-3-6-20)17-28-22(27)18-7-9-19(10-8-18)23-29-15-4-16-30-23/h1-3,5-10,23H,4,11-17H2. The normalized spacial score (nSPS) is 17.6. The maximum absolute atomic E-state index is 12.5. The van der Waals surface area contributed by atoms with E-state index in [1.807, 2.05) is 53.9 Å². The first-order chi connectivity index (χ1) is 14.7. The molecule has 2 aliphatic rings. The van der Waals surface area contributed by atoms with E-state index < -0.39 is 5.97 Å². The number of nitrogens with zero attached hydrogens (tertiary/aromatic N) is 2. The molecule has 0 aromatic heterocycles. The van der Waals surface area contributed by atoms with Gasteiger partial charge >= 0.3 is 5.97 Å². The Balaban J connectivity index is 1.23. The molecule has 1 amide bonds. The Morgan fingerprint density at radius 2 is 1.57 bits per heavy atom. The van der Waals surface area contributed by atoms with E-state index in [0.717, 1.165) is 13.1 Å². The van der Waals surface area contributed by atoms with Gasteiger partial charge in [0.25, 0.3) is 5.91 Å². The summed E-state index contributed by atoms with van der Waals surface area (Å²) in [6.07, 6.45) is 1.26. The number of carbonyl (C=O) groups is 2. The number of anilines is 1. The van der Waals surface area contributed by atoms with Crippen molar-refractivity contribution < 1.29 is 14.3 Å². The van der Waals surface area contributed by atoms with Crippen molar-refractivity contribution in [2.45, 2.75) is 11.0 Å². The van der Waals surface area contributed by atoms with Crippen LogP contribution in [0.15, 0.2) is 54.6 Å². The molecule has 0 saturated carbocycles. The van der Waals surface area contributed by atoms with Gasteiger partial charge in [0.2, 0.25) is 0 Å². The van der Waals surface area contributed by atoms with Crippen LogP contribution in [-0.2, 0) is 9.53 Å². The highest BCUT2D eigenvalue weighted by Crippen LogP contribution is 2.43. The summed E-state index contributed by atoms with van der Waals surface area (Å²) in [5.41, 5.74) is 2.89. The van der Waals surface area contributed by atoms with Gasteiger partial charge < -0.3 is 14.5 Å². The first-order valence-electron chi connectivity index (χ1n) is 10.3. The average molecular weight is 443 g/mol. The summed E-state index contributed by atoms with van der Waals surface area (Å²) in [6.45, 7) is 2.62. The lowest BCUT2D eigenvalue weighted by atomic mass is 10.1. The highest BCUT2D eigenvalue weighted by Gasteiger charge is 2.23. The zero-order chi connectivity index (χ0) is 20.8. The molecule has 0 unspecified atom stereocenters. The number of carbonyl (C=O) groups excluding carboxylic acids is 2. The predicted octanol–water partition coefficient (Wildman–Crippen LogP) is 4.06. The summed E-state index contributed by atoms with van der Waals surface area (Å²) in [6, 6.07) is 17.8. The topological polar surface area (TPSA) is 49.9 Å². The maximum Gasteiger partial charge on any atom is 0.338 e. The van der Waals surface area contributed by atoms with E-state index in [9.17, 15) is 9.59 Å². The van der Waals surface area contributed by atoms with Gasteiger partial charge in [-0.3, -0.25) is 4.79 Å². The smallest absolute Gasteiger partial charge is 0.338 e. The average Bonchev–Trinajstić information content (AvgIpc) is 2.83. The summed E-state index contributed by atoms with van der Waals surface area (Å²) in [4.78, 5) is 28.8. The number of benzene rings is 2. The van der Waals surface area contributed by atoms with Crippen molar-refractivity contribution in [1.29, 1.82) is 0 Å². The molecule has 0 bridgehead atoms. The van der Waals surface area contributed by atoms with E-state index in [1.165, 1.54) is 29.2 Å². The van der Waals surface area contributed by atoms with Crippen molar-refractivity contribution in [3.05, 3.63) is 65.7 Å². The number of amides is 1. The zero-order valence-electron chi connectivity index (χ0n) is 16.9. The van der Waals surface area contributed by atoms with Crippen LogP contribution >= 0.6 is 23.5 Å². The van der Waals surface area contributed by atoms with Crippen molar-refractivity contribution in [3.63, 3.8) is 0 Å². The van der Waals surface area contributed by atoms with E-state index >= 15 is 0 Å². The van der Waals surface area contributed by atoms with Crippen molar-refractivity contribution in [2.24, 2.45) is 0 Å². The molecule has 30 heavy (non-hydrogen) atoms. The van der Waals surface area contributed by atoms with Crippen LogP contribution in [0.2, 0.25) is 0 Å². The fourth-order valence-electron chi connectivity index (χ4n) is 3.61. The monoisotopic (exact) mass is 442 g/mol. The highest BCUT2D eigenvalue weighted by molar-refractivity contribution is 8.16. The van der Waals surface area contributed by atoms with E-state index in [4.69, 9.17) is 4.74 Å². The third kappa shape index (κ3) is 5.32. The number of ether oxygens (including phenoxy) is 1. The van der Waals surface area contributed by atoms with Gasteiger partial charge in [-0.2, -0.15) is 0 Å². The number of thioether (sulfide) groups is 2. The van der Waals surface area contributed by atoms with Gasteiger partial charge in [-0.05, 0) is 47.8 Å². The Kier molecular flexibility index (Phi) is 7.23. The minimum atomic E-state index is -0.443. The molecule has 7 heteroatoms. The molecular weight excluding hydrogens is 416 g/mol. The Bertz CT molecular complexity index is 847. The molecule has 4 rings (SSSR count). The molecule has 0 N–H and O–H groups in total. The van der Waals surface area contributed by atoms with Crippen LogP contribution in [-0.4, -0.2) is 61.1 Å². The predicted molar refractivity (Wildman–Crippen MR) is 124 cm³/mol. The molecule has 2 fully saturated rings. The molecule has 5 nitrogen and oxygen atoms in total. The van der Waals surface area contributed by atoms with Gasteiger partial charge in [-0.25, -0.2) is 4.79 Å². The van der Waals surface area contributed by atoms with Gasteiger partial charge in [0.15, 0.2) is 6.61 Å². The molecule has 0 atom stereocenters. The Morgan fingerprint density at radius 3 is 2.23 bits per heavy atom. The summed E-state index contributed by atoms with van der Waals surface area (Å²) < 4.78 is 5.73. The van der Waals surface area contributed by atoms with Crippen LogP contribution in [0.5, 0.6) is 0 Å². The molecule has 2 aliphatic heterocycles. The molecular formula is C23H26N2O3S2. The van der Waals surface area contributed by atoms with Gasteiger partial charge in [0, 0.05) is 31.9 Å². The number of para-hydroxylation sites is 1. The van der Waals surface area contributed by atoms with E-state index in [1.54, 1.807) is 17.0 Å². The SMILES string of the molecule is O=C(OCC(=O)N1CCN(c2ccccc2)CC1)c1ccc(C2SCCCS2)cc1. The second-order valence-corrected chi connectivity index (χ2v) is 10.1. The molecule has 2 aromatic carbocycles. The summed E-state index contributed by atoms with van der Waals surface area (Å²) in [5.74, 6) is 1.79. The van der Waals surface area contributed by atoms with E-state index in [-0.39, 0.29) is 12.5 Å². The fraction of sp³-hybridized carbons (Fsp3) is 0.391.